The SMILES string of the molecule is CCCCN(C(=O)OC)C1=CC=C(CC(=O)O)C=CC1.CCCN(CC)C/C(=C/N(C)/N=C/C1=CC=C(OC)CC=C1)CC.c1ccccc1. The van der Waals surface area contributed by atoms with Gasteiger partial charge < -0.3 is 14.6 Å². The fourth-order valence-corrected chi connectivity index (χ4v) is 4.83. The highest BCUT2D eigenvalue weighted by Gasteiger charge is 2.18. The molecular weight excluding hydrogens is 628 g/mol. The van der Waals surface area contributed by atoms with E-state index in [0.29, 0.717) is 18.5 Å². The number of hydrazone groups is 1. The quantitative estimate of drug-likeness (QED) is 0.137. The summed E-state index contributed by atoms with van der Waals surface area (Å²) in [7, 11) is 5.05. The number of hydrogen-bond acceptors (Lipinski definition) is 7. The van der Waals surface area contributed by atoms with E-state index in [1.165, 1.54) is 19.1 Å². The second-order valence-electron chi connectivity index (χ2n) is 11.6. The molecule has 0 aromatic heterocycles. The summed E-state index contributed by atoms with van der Waals surface area (Å²) < 4.78 is 10.1. The van der Waals surface area contributed by atoms with Crippen LogP contribution in [-0.2, 0) is 14.3 Å². The number of likely N-dealkylation sites (N-methyl/N-ethyl adjacent to an activating group) is 1. The minimum atomic E-state index is -0.867. The third-order valence-electron chi connectivity index (χ3n) is 7.63. The number of ether oxygens (including phenoxy) is 2. The molecule has 0 radical (unpaired) electrons. The van der Waals surface area contributed by atoms with E-state index in [0.717, 1.165) is 62.3 Å². The van der Waals surface area contributed by atoms with Gasteiger partial charge in [-0.3, -0.25) is 19.6 Å². The Hall–Kier alpha value is -4.63. The molecule has 2 aliphatic rings. The molecule has 0 fully saturated rings. The van der Waals surface area contributed by atoms with Crippen LogP contribution in [0.3, 0.4) is 0 Å². The minimum Gasteiger partial charge on any atom is -0.501 e. The van der Waals surface area contributed by atoms with Crippen molar-refractivity contribution in [3.05, 3.63) is 119 Å². The molecule has 1 amide bonds. The lowest BCUT2D eigenvalue weighted by atomic mass is 10.2. The average Bonchev–Trinajstić information content (AvgIpc) is 3.51. The summed E-state index contributed by atoms with van der Waals surface area (Å²) in [5.74, 6) is 0.0975. The van der Waals surface area contributed by atoms with Crippen LogP contribution >= 0.6 is 0 Å². The van der Waals surface area contributed by atoms with E-state index in [4.69, 9.17) is 14.6 Å². The number of aliphatic carboxylic acids is 1. The highest BCUT2D eigenvalue weighted by Crippen LogP contribution is 2.19. The summed E-state index contributed by atoms with van der Waals surface area (Å²) in [6.07, 6.45) is 24.5. The number of unbranched alkanes of at least 4 members (excludes halogenated alkanes) is 1. The second-order valence-corrected chi connectivity index (χ2v) is 11.6. The van der Waals surface area contributed by atoms with Crippen LogP contribution in [-0.4, -0.2) is 85.6 Å². The number of carboxylic acid groups (broad SMARTS) is 1. The van der Waals surface area contributed by atoms with Crippen molar-refractivity contribution in [2.75, 3.05) is 47.4 Å². The number of benzene rings is 1. The predicted octanol–water partition coefficient (Wildman–Crippen LogP) is 9.13. The first-order valence-electron chi connectivity index (χ1n) is 17.6. The molecule has 0 unspecified atom stereocenters. The molecule has 0 saturated carbocycles. The number of rotatable bonds is 16. The molecule has 0 aliphatic heterocycles. The molecule has 1 aromatic carbocycles. The van der Waals surface area contributed by atoms with Crippen molar-refractivity contribution in [2.45, 2.75) is 72.6 Å². The fraction of sp³-hybridized carbons (Fsp3) is 0.439. The second kappa shape index (κ2) is 27.2. The van der Waals surface area contributed by atoms with E-state index in [1.54, 1.807) is 30.2 Å². The number of amides is 1. The van der Waals surface area contributed by atoms with Gasteiger partial charge >= 0.3 is 12.1 Å². The van der Waals surface area contributed by atoms with Gasteiger partial charge in [0.05, 0.1) is 32.6 Å². The Balaban J connectivity index is 0.000000432. The van der Waals surface area contributed by atoms with E-state index in [-0.39, 0.29) is 12.5 Å². The van der Waals surface area contributed by atoms with Crippen LogP contribution in [0.5, 0.6) is 0 Å². The average molecular weight is 689 g/mol. The number of hydrogen-bond donors (Lipinski definition) is 1. The van der Waals surface area contributed by atoms with Crippen molar-refractivity contribution in [2.24, 2.45) is 5.10 Å². The highest BCUT2D eigenvalue weighted by atomic mass is 16.5. The summed E-state index contributed by atoms with van der Waals surface area (Å²) in [6.45, 7) is 12.6. The molecule has 0 heterocycles. The molecule has 3 rings (SSSR count). The first-order chi connectivity index (χ1) is 24.2. The van der Waals surface area contributed by atoms with E-state index in [2.05, 4.69) is 56.0 Å². The molecule has 274 valence electrons. The molecule has 2 aliphatic carbocycles. The lowest BCUT2D eigenvalue weighted by Crippen LogP contribution is -2.31. The molecule has 0 bridgehead atoms. The summed E-state index contributed by atoms with van der Waals surface area (Å²) in [6, 6.07) is 12.0. The first kappa shape index (κ1) is 43.4. The van der Waals surface area contributed by atoms with Crippen molar-refractivity contribution in [1.29, 1.82) is 0 Å². The predicted molar refractivity (Wildman–Crippen MR) is 207 cm³/mol. The maximum atomic E-state index is 11.8. The Morgan fingerprint density at radius 3 is 2.12 bits per heavy atom. The van der Waals surface area contributed by atoms with Gasteiger partial charge in [0.1, 0.15) is 0 Å². The third kappa shape index (κ3) is 19.4. The van der Waals surface area contributed by atoms with Crippen LogP contribution in [0, 0.1) is 0 Å². The largest absolute Gasteiger partial charge is 0.501 e. The smallest absolute Gasteiger partial charge is 0.413 e. The van der Waals surface area contributed by atoms with Gasteiger partial charge in [0.25, 0.3) is 0 Å². The van der Waals surface area contributed by atoms with Crippen LogP contribution in [0.15, 0.2) is 124 Å². The van der Waals surface area contributed by atoms with E-state index >= 15 is 0 Å². The summed E-state index contributed by atoms with van der Waals surface area (Å²) >= 11 is 0. The maximum absolute atomic E-state index is 11.8. The Bertz CT molecular complexity index is 1350. The van der Waals surface area contributed by atoms with Gasteiger partial charge in [0, 0.05) is 44.9 Å². The Morgan fingerprint density at radius 2 is 1.56 bits per heavy atom. The van der Waals surface area contributed by atoms with Gasteiger partial charge in [-0.15, -0.1) is 0 Å². The zero-order valence-corrected chi connectivity index (χ0v) is 31.4. The molecule has 9 nitrogen and oxygen atoms in total. The monoisotopic (exact) mass is 688 g/mol. The Kier molecular flexibility index (Phi) is 23.6. The molecule has 0 saturated heterocycles. The Morgan fingerprint density at radius 1 is 0.880 bits per heavy atom. The lowest BCUT2D eigenvalue weighted by Gasteiger charge is -2.23. The van der Waals surface area contributed by atoms with Gasteiger partial charge in [0.15, 0.2) is 0 Å². The van der Waals surface area contributed by atoms with Gasteiger partial charge in [-0.05, 0) is 61.2 Å². The number of allylic oxidation sites excluding steroid dienone is 9. The van der Waals surface area contributed by atoms with E-state index in [1.807, 2.05) is 72.9 Å². The molecule has 9 heteroatoms. The minimum absolute atomic E-state index is 0.0204. The molecular formula is C41H60N4O5. The van der Waals surface area contributed by atoms with Gasteiger partial charge in [-0.2, -0.15) is 5.10 Å². The topological polar surface area (TPSA) is 94.9 Å². The van der Waals surface area contributed by atoms with Crippen LogP contribution < -0.4 is 0 Å². The number of carbonyl (C=O) groups excluding carboxylic acids is 1. The number of methoxy groups -OCH3 is 2. The normalized spacial score (nSPS) is 14.0. The maximum Gasteiger partial charge on any atom is 0.413 e. The number of carbonyl (C=O) groups is 2. The molecule has 1 aromatic rings. The molecule has 50 heavy (non-hydrogen) atoms. The van der Waals surface area contributed by atoms with Crippen molar-refractivity contribution in [3.8, 4) is 0 Å². The Labute approximate surface area is 301 Å². The third-order valence-corrected chi connectivity index (χ3v) is 7.63. The zero-order valence-electron chi connectivity index (χ0n) is 31.4. The van der Waals surface area contributed by atoms with Crippen LogP contribution in [0.25, 0.3) is 0 Å². The van der Waals surface area contributed by atoms with Gasteiger partial charge in [0.2, 0.25) is 0 Å². The molecule has 1 N–H and O–H groups in total. The number of nitrogens with zero attached hydrogens (tertiary/aromatic N) is 4. The number of carboxylic acids is 1. The van der Waals surface area contributed by atoms with Gasteiger partial charge in [-0.1, -0.05) is 107 Å². The zero-order chi connectivity index (χ0) is 37.0. The van der Waals surface area contributed by atoms with Gasteiger partial charge in [-0.25, -0.2) is 4.79 Å². The summed E-state index contributed by atoms with van der Waals surface area (Å²) in [5.41, 5.74) is 4.01. The standard InChI is InChI=1S/C20H33N3O.C15H21NO4.C6H6/c1-6-14-23(8-3)17-18(7-2)16-22(4)21-15-19-10-9-11-20(24-5)13-12-19;1-3-4-10-16(15(19)20-2)13-7-5-6-12(8-9-13)11-14(17)18;1-2-4-6-5-3-1/h9-10,12-13,15-16H,6-8,11,14,17H2,1-5H3;5-6,8-9H,3-4,7,10-11H2,1-2H3,(H,17,18);1-6H/b18-16+,21-15+;;. The van der Waals surface area contributed by atoms with E-state index in [9.17, 15) is 9.59 Å². The van der Waals surface area contributed by atoms with Crippen LogP contribution in [0.2, 0.25) is 0 Å². The van der Waals surface area contributed by atoms with Crippen molar-refractivity contribution >= 4 is 18.3 Å². The van der Waals surface area contributed by atoms with Crippen molar-refractivity contribution in [3.63, 3.8) is 0 Å². The summed E-state index contributed by atoms with van der Waals surface area (Å²) in [4.78, 5) is 26.6. The highest BCUT2D eigenvalue weighted by molar-refractivity contribution is 5.82. The van der Waals surface area contributed by atoms with Crippen molar-refractivity contribution < 1.29 is 24.2 Å². The molecule has 0 atom stereocenters. The van der Waals surface area contributed by atoms with Crippen LogP contribution in [0.1, 0.15) is 72.6 Å². The first-order valence-corrected chi connectivity index (χ1v) is 17.6. The van der Waals surface area contributed by atoms with Crippen LogP contribution in [0.4, 0.5) is 4.79 Å². The molecule has 0 spiro atoms. The van der Waals surface area contributed by atoms with Crippen molar-refractivity contribution in [1.82, 2.24) is 14.8 Å². The van der Waals surface area contributed by atoms with E-state index < -0.39 is 5.97 Å². The fourth-order valence-electron chi connectivity index (χ4n) is 4.83. The lowest BCUT2D eigenvalue weighted by molar-refractivity contribution is -0.136. The summed E-state index contributed by atoms with van der Waals surface area (Å²) in [5, 5.41) is 15.2.